The van der Waals surface area contributed by atoms with Crippen LogP contribution in [0.2, 0.25) is 0 Å². The van der Waals surface area contributed by atoms with Crippen molar-refractivity contribution in [2.75, 3.05) is 4.90 Å². The lowest BCUT2D eigenvalue weighted by Gasteiger charge is -2.26. The number of hydrogen-bond acceptors (Lipinski definition) is 2. The Morgan fingerprint density at radius 3 is 1.36 bits per heavy atom. The zero-order chi connectivity index (χ0) is 45.4. The summed E-state index contributed by atoms with van der Waals surface area (Å²) in [6.45, 7) is 0. The minimum absolute atomic E-state index is 0.901. The van der Waals surface area contributed by atoms with Crippen molar-refractivity contribution in [1.29, 1.82) is 0 Å². The van der Waals surface area contributed by atoms with Gasteiger partial charge in [0.2, 0.25) is 0 Å². The van der Waals surface area contributed by atoms with Gasteiger partial charge < -0.3 is 13.9 Å². The molecule has 14 rings (SSSR count). The summed E-state index contributed by atoms with van der Waals surface area (Å²) in [6.07, 6.45) is 0. The molecule has 3 nitrogen and oxygen atoms in total. The molecular formula is C66H42N2O. The van der Waals surface area contributed by atoms with Crippen molar-refractivity contribution in [3.8, 4) is 39.1 Å². The summed E-state index contributed by atoms with van der Waals surface area (Å²) >= 11 is 0. The summed E-state index contributed by atoms with van der Waals surface area (Å²) in [6, 6.07) is 92.5. The van der Waals surface area contributed by atoms with E-state index in [1.165, 1.54) is 70.8 Å². The fraction of sp³-hybridized carbons (Fsp3) is 0. The largest absolute Gasteiger partial charge is 0.456 e. The van der Waals surface area contributed by atoms with Crippen LogP contribution in [0.25, 0.3) is 115 Å². The third-order valence-electron chi connectivity index (χ3n) is 14.2. The standard InChI is InChI=1S/C66H42N2O/c1-3-14-43(15-4-1)46-30-38-62-60(40-46)61-41-47(31-39-63(61)68(62)51-36-37-57-55-20-8-7-18-53(55)54-19-9-10-21-56(54)59(57)42-51)44-26-32-49(33-27-44)67(48-16-5-2-6-17-48)50-34-28-45(29-35-50)52-23-13-25-65-66(52)58-22-11-12-24-64(58)69-65/h1-42H. The number of aromatic nitrogens is 1. The predicted molar refractivity (Wildman–Crippen MR) is 292 cm³/mol. The normalized spacial score (nSPS) is 11.8. The van der Waals surface area contributed by atoms with Crippen molar-refractivity contribution in [2.24, 2.45) is 0 Å². The molecule has 0 unspecified atom stereocenters. The van der Waals surface area contributed by atoms with Crippen molar-refractivity contribution in [1.82, 2.24) is 4.57 Å². The average Bonchev–Trinajstić information content (AvgIpc) is 3.97. The SMILES string of the molecule is c1ccc(-c2ccc3c(c2)c2cc(-c4ccc(N(c5ccccc5)c5ccc(-c6cccc7oc8ccccc8c67)cc5)cc4)ccc2n3-c2ccc3c4ccccc4c4ccccc4c3c2)cc1. The van der Waals surface area contributed by atoms with Crippen LogP contribution in [-0.2, 0) is 0 Å². The van der Waals surface area contributed by atoms with Crippen LogP contribution in [-0.4, -0.2) is 4.57 Å². The molecule has 0 bridgehead atoms. The lowest BCUT2D eigenvalue weighted by Crippen LogP contribution is -2.09. The Hall–Kier alpha value is -9.18. The Balaban J connectivity index is 0.876. The van der Waals surface area contributed by atoms with Gasteiger partial charge in [-0.3, -0.25) is 0 Å². The number of anilines is 3. The molecule has 3 heteroatoms. The van der Waals surface area contributed by atoms with E-state index >= 15 is 0 Å². The molecule has 0 aliphatic heterocycles. The van der Waals surface area contributed by atoms with E-state index in [0.717, 1.165) is 61.4 Å². The van der Waals surface area contributed by atoms with Gasteiger partial charge in [0, 0.05) is 44.3 Å². The summed E-state index contributed by atoms with van der Waals surface area (Å²) in [5.74, 6) is 0. The lowest BCUT2D eigenvalue weighted by atomic mass is 9.94. The van der Waals surface area contributed by atoms with Crippen LogP contribution in [0, 0.1) is 0 Å². The molecule has 2 heterocycles. The molecule has 0 spiro atoms. The molecule has 69 heavy (non-hydrogen) atoms. The van der Waals surface area contributed by atoms with Gasteiger partial charge in [0.25, 0.3) is 0 Å². The third kappa shape index (κ3) is 6.36. The third-order valence-corrected chi connectivity index (χ3v) is 14.2. The Labute approximate surface area is 399 Å². The monoisotopic (exact) mass is 878 g/mol. The molecule has 12 aromatic carbocycles. The number of para-hydroxylation sites is 2. The molecule has 0 aliphatic rings. The van der Waals surface area contributed by atoms with Crippen LogP contribution in [0.5, 0.6) is 0 Å². The number of rotatable bonds is 7. The minimum atomic E-state index is 0.901. The zero-order valence-corrected chi connectivity index (χ0v) is 37.6. The van der Waals surface area contributed by atoms with E-state index in [1.807, 2.05) is 12.1 Å². The maximum absolute atomic E-state index is 6.24. The first-order chi connectivity index (χ1) is 34.2. The van der Waals surface area contributed by atoms with E-state index in [2.05, 4.69) is 252 Å². The second-order valence-corrected chi connectivity index (χ2v) is 18.0. The summed E-state index contributed by atoms with van der Waals surface area (Å²) in [4.78, 5) is 2.33. The molecule has 14 aromatic rings. The van der Waals surface area contributed by atoms with E-state index < -0.39 is 0 Å². The first-order valence-corrected chi connectivity index (χ1v) is 23.7. The molecule has 0 radical (unpaired) electrons. The summed E-state index contributed by atoms with van der Waals surface area (Å²) in [5.41, 5.74) is 15.6. The Morgan fingerprint density at radius 1 is 0.275 bits per heavy atom. The van der Waals surface area contributed by atoms with Gasteiger partial charge in [0.05, 0.1) is 11.0 Å². The van der Waals surface area contributed by atoms with Crippen LogP contribution < -0.4 is 4.90 Å². The van der Waals surface area contributed by atoms with Gasteiger partial charge >= 0.3 is 0 Å². The second-order valence-electron chi connectivity index (χ2n) is 18.0. The molecule has 0 N–H and O–H groups in total. The zero-order valence-electron chi connectivity index (χ0n) is 37.6. The van der Waals surface area contributed by atoms with Gasteiger partial charge in [-0.25, -0.2) is 0 Å². The Bertz CT molecular complexity index is 4240. The van der Waals surface area contributed by atoms with Crippen molar-refractivity contribution in [3.63, 3.8) is 0 Å². The number of fused-ring (bicyclic) bond motifs is 12. The van der Waals surface area contributed by atoms with Gasteiger partial charge in [0.15, 0.2) is 0 Å². The summed E-state index contributed by atoms with van der Waals surface area (Å²) in [5, 5.41) is 12.4. The van der Waals surface area contributed by atoms with E-state index in [-0.39, 0.29) is 0 Å². The number of nitrogens with zero attached hydrogens (tertiary/aromatic N) is 2. The highest BCUT2D eigenvalue weighted by Gasteiger charge is 2.19. The van der Waals surface area contributed by atoms with Crippen molar-refractivity contribution >= 4 is 93.1 Å². The Kier molecular flexibility index (Phi) is 8.90. The smallest absolute Gasteiger partial charge is 0.136 e. The Morgan fingerprint density at radius 2 is 0.739 bits per heavy atom. The maximum atomic E-state index is 6.24. The first-order valence-electron chi connectivity index (χ1n) is 23.7. The van der Waals surface area contributed by atoms with E-state index in [4.69, 9.17) is 4.42 Å². The molecule has 0 fully saturated rings. The molecule has 0 amide bonds. The summed E-state index contributed by atoms with van der Waals surface area (Å²) < 4.78 is 8.70. The van der Waals surface area contributed by atoms with Crippen LogP contribution in [0.3, 0.4) is 0 Å². The van der Waals surface area contributed by atoms with Gasteiger partial charge in [-0.1, -0.05) is 170 Å². The molecule has 0 atom stereocenters. The van der Waals surface area contributed by atoms with Crippen LogP contribution >= 0.6 is 0 Å². The molecule has 2 aromatic heterocycles. The lowest BCUT2D eigenvalue weighted by molar-refractivity contribution is 0.669. The van der Waals surface area contributed by atoms with Crippen molar-refractivity contribution in [3.05, 3.63) is 255 Å². The van der Waals surface area contributed by atoms with Crippen LogP contribution in [0.4, 0.5) is 17.1 Å². The minimum Gasteiger partial charge on any atom is -0.456 e. The quantitative estimate of drug-likeness (QED) is 0.149. The van der Waals surface area contributed by atoms with Crippen molar-refractivity contribution < 1.29 is 4.42 Å². The second kappa shape index (κ2) is 15.7. The van der Waals surface area contributed by atoms with Gasteiger partial charge in [-0.15, -0.1) is 0 Å². The van der Waals surface area contributed by atoms with Gasteiger partial charge in [-0.2, -0.15) is 0 Å². The van der Waals surface area contributed by atoms with Gasteiger partial charge in [-0.05, 0) is 151 Å². The molecular weight excluding hydrogens is 837 g/mol. The average molecular weight is 879 g/mol. The van der Waals surface area contributed by atoms with E-state index in [1.54, 1.807) is 0 Å². The number of benzene rings is 12. The molecule has 322 valence electrons. The number of hydrogen-bond donors (Lipinski definition) is 0. The molecule has 0 saturated heterocycles. The highest BCUT2D eigenvalue weighted by atomic mass is 16.3. The highest BCUT2D eigenvalue weighted by Crippen LogP contribution is 2.43. The highest BCUT2D eigenvalue weighted by molar-refractivity contribution is 6.26. The fourth-order valence-electron chi connectivity index (χ4n) is 11.0. The maximum Gasteiger partial charge on any atom is 0.136 e. The topological polar surface area (TPSA) is 21.3 Å². The van der Waals surface area contributed by atoms with Crippen LogP contribution in [0.1, 0.15) is 0 Å². The molecule has 0 saturated carbocycles. The molecule has 0 aliphatic carbocycles. The van der Waals surface area contributed by atoms with Crippen LogP contribution in [0.15, 0.2) is 259 Å². The summed E-state index contributed by atoms with van der Waals surface area (Å²) in [7, 11) is 0. The van der Waals surface area contributed by atoms with E-state index in [9.17, 15) is 0 Å². The van der Waals surface area contributed by atoms with Gasteiger partial charge in [0.1, 0.15) is 11.2 Å². The number of furan rings is 1. The predicted octanol–water partition coefficient (Wildman–Crippen LogP) is 18.6. The first kappa shape index (κ1) is 39.0. The van der Waals surface area contributed by atoms with Crippen molar-refractivity contribution in [2.45, 2.75) is 0 Å². The fourth-order valence-corrected chi connectivity index (χ4v) is 11.0. The van der Waals surface area contributed by atoms with E-state index in [0.29, 0.717) is 0 Å².